The van der Waals surface area contributed by atoms with Crippen molar-refractivity contribution < 1.29 is 0 Å². The van der Waals surface area contributed by atoms with Gasteiger partial charge in [-0.25, -0.2) is 0 Å². The SMILES string of the molecule is Cc1ccc(C(=N)I)cc1C. The van der Waals surface area contributed by atoms with Crippen LogP contribution in [-0.4, -0.2) is 3.72 Å². The predicted octanol–water partition coefficient (Wildman–Crippen LogP) is 3.06. The number of aryl methyl sites for hydroxylation is 2. The summed E-state index contributed by atoms with van der Waals surface area (Å²) in [6, 6.07) is 6.08. The molecule has 1 aromatic carbocycles. The van der Waals surface area contributed by atoms with Gasteiger partial charge in [0, 0.05) is 5.56 Å². The van der Waals surface area contributed by atoms with Crippen molar-refractivity contribution in [2.75, 3.05) is 0 Å². The van der Waals surface area contributed by atoms with Crippen LogP contribution in [-0.2, 0) is 0 Å². The summed E-state index contributed by atoms with van der Waals surface area (Å²) in [5, 5.41) is 7.39. The highest BCUT2D eigenvalue weighted by molar-refractivity contribution is 14.1. The average Bonchev–Trinajstić information content (AvgIpc) is 1.94. The molecule has 0 aliphatic carbocycles. The highest BCUT2D eigenvalue weighted by atomic mass is 127. The molecule has 1 aromatic rings. The van der Waals surface area contributed by atoms with Gasteiger partial charge in [-0.05, 0) is 53.6 Å². The topological polar surface area (TPSA) is 23.9 Å². The molecule has 1 N–H and O–H groups in total. The van der Waals surface area contributed by atoms with Crippen LogP contribution in [0.5, 0.6) is 0 Å². The summed E-state index contributed by atoms with van der Waals surface area (Å²) in [4.78, 5) is 0. The zero-order chi connectivity index (χ0) is 8.43. The molecule has 0 aromatic heterocycles. The minimum Gasteiger partial charge on any atom is -0.294 e. The van der Waals surface area contributed by atoms with Gasteiger partial charge in [-0.2, -0.15) is 0 Å². The molecular weight excluding hydrogens is 249 g/mol. The van der Waals surface area contributed by atoms with Crippen molar-refractivity contribution in [2.45, 2.75) is 13.8 Å². The number of halogens is 1. The molecule has 0 spiro atoms. The van der Waals surface area contributed by atoms with E-state index in [0.29, 0.717) is 3.72 Å². The lowest BCUT2D eigenvalue weighted by Gasteiger charge is -2.01. The molecule has 0 aliphatic rings. The van der Waals surface area contributed by atoms with Crippen molar-refractivity contribution >= 4 is 26.3 Å². The van der Waals surface area contributed by atoms with E-state index in [1.807, 2.05) is 34.7 Å². The zero-order valence-corrected chi connectivity index (χ0v) is 8.77. The summed E-state index contributed by atoms with van der Waals surface area (Å²) in [6.45, 7) is 4.15. The Morgan fingerprint density at radius 1 is 1.27 bits per heavy atom. The molecule has 1 rings (SSSR count). The molecule has 0 unspecified atom stereocenters. The molecule has 58 valence electrons. The molecule has 11 heavy (non-hydrogen) atoms. The molecule has 0 atom stereocenters. The van der Waals surface area contributed by atoms with E-state index in [1.165, 1.54) is 11.1 Å². The van der Waals surface area contributed by atoms with E-state index >= 15 is 0 Å². The number of benzene rings is 1. The van der Waals surface area contributed by atoms with E-state index in [2.05, 4.69) is 19.9 Å². The van der Waals surface area contributed by atoms with Gasteiger partial charge in [-0.3, -0.25) is 5.41 Å². The third-order valence-electron chi connectivity index (χ3n) is 1.76. The van der Waals surface area contributed by atoms with Gasteiger partial charge in [0.15, 0.2) is 0 Å². The van der Waals surface area contributed by atoms with Gasteiger partial charge in [0.25, 0.3) is 0 Å². The van der Waals surface area contributed by atoms with Crippen LogP contribution in [0, 0.1) is 19.3 Å². The Labute approximate surface area is 80.5 Å². The van der Waals surface area contributed by atoms with E-state index in [4.69, 9.17) is 5.41 Å². The van der Waals surface area contributed by atoms with Gasteiger partial charge in [0.05, 0.1) is 3.72 Å². The summed E-state index contributed by atoms with van der Waals surface area (Å²) in [7, 11) is 0. The molecule has 0 saturated carbocycles. The lowest BCUT2D eigenvalue weighted by atomic mass is 10.1. The molecule has 0 bridgehead atoms. The molecule has 0 radical (unpaired) electrons. The Bertz CT molecular complexity index is 292. The first-order chi connectivity index (χ1) is 5.11. The zero-order valence-electron chi connectivity index (χ0n) is 6.61. The van der Waals surface area contributed by atoms with Crippen molar-refractivity contribution in [1.29, 1.82) is 5.41 Å². The van der Waals surface area contributed by atoms with Crippen LogP contribution >= 0.6 is 22.6 Å². The van der Waals surface area contributed by atoms with Crippen LogP contribution in [0.1, 0.15) is 16.7 Å². The Balaban J connectivity index is 3.15. The largest absolute Gasteiger partial charge is 0.294 e. The number of hydrogen-bond acceptors (Lipinski definition) is 1. The molecule has 0 heterocycles. The number of hydrogen-bond donors (Lipinski definition) is 1. The van der Waals surface area contributed by atoms with Crippen LogP contribution in [0.2, 0.25) is 0 Å². The summed E-state index contributed by atoms with van der Waals surface area (Å²) in [5.41, 5.74) is 3.55. The van der Waals surface area contributed by atoms with Crippen molar-refractivity contribution in [3.8, 4) is 0 Å². The first-order valence-electron chi connectivity index (χ1n) is 3.43. The molecular formula is C9H10IN. The van der Waals surface area contributed by atoms with Crippen molar-refractivity contribution in [2.24, 2.45) is 0 Å². The van der Waals surface area contributed by atoms with Crippen LogP contribution in [0.25, 0.3) is 0 Å². The fraction of sp³-hybridized carbons (Fsp3) is 0.222. The van der Waals surface area contributed by atoms with E-state index in [-0.39, 0.29) is 0 Å². The van der Waals surface area contributed by atoms with E-state index in [9.17, 15) is 0 Å². The standard InChI is InChI=1S/C9H10IN/c1-6-3-4-8(9(10)11)5-7(6)2/h3-5,11H,1-2H3. The van der Waals surface area contributed by atoms with Gasteiger partial charge >= 0.3 is 0 Å². The Morgan fingerprint density at radius 2 is 1.91 bits per heavy atom. The first-order valence-corrected chi connectivity index (χ1v) is 4.51. The third-order valence-corrected chi connectivity index (χ3v) is 2.38. The average molecular weight is 259 g/mol. The molecule has 0 fully saturated rings. The predicted molar refractivity (Wildman–Crippen MR) is 56.8 cm³/mol. The molecule has 0 saturated heterocycles. The Kier molecular flexibility index (Phi) is 2.65. The summed E-state index contributed by atoms with van der Waals surface area (Å²) >= 11 is 2.02. The second kappa shape index (κ2) is 3.34. The molecule has 0 amide bonds. The maximum absolute atomic E-state index is 7.39. The van der Waals surface area contributed by atoms with Gasteiger partial charge in [0.2, 0.25) is 0 Å². The summed E-state index contributed by atoms with van der Waals surface area (Å²) in [5.74, 6) is 0. The Hall–Kier alpha value is -0.380. The second-order valence-electron chi connectivity index (χ2n) is 2.61. The fourth-order valence-electron chi connectivity index (χ4n) is 0.878. The quantitative estimate of drug-likeness (QED) is 0.592. The highest BCUT2D eigenvalue weighted by Crippen LogP contribution is 2.12. The van der Waals surface area contributed by atoms with Crippen LogP contribution in [0.3, 0.4) is 0 Å². The maximum Gasteiger partial charge on any atom is 0.0992 e. The number of rotatable bonds is 1. The minimum absolute atomic E-state index is 0.602. The third kappa shape index (κ3) is 2.02. The second-order valence-corrected chi connectivity index (χ2v) is 3.69. The Morgan fingerprint density at radius 3 is 2.36 bits per heavy atom. The van der Waals surface area contributed by atoms with Crippen molar-refractivity contribution in [3.63, 3.8) is 0 Å². The van der Waals surface area contributed by atoms with E-state index < -0.39 is 0 Å². The summed E-state index contributed by atoms with van der Waals surface area (Å²) in [6.07, 6.45) is 0. The smallest absolute Gasteiger partial charge is 0.0992 e. The fourth-order valence-corrected chi connectivity index (χ4v) is 1.21. The molecule has 2 heteroatoms. The first kappa shape index (κ1) is 8.71. The van der Waals surface area contributed by atoms with Crippen LogP contribution < -0.4 is 0 Å². The molecule has 0 aliphatic heterocycles. The lowest BCUT2D eigenvalue weighted by Crippen LogP contribution is -1.89. The van der Waals surface area contributed by atoms with Crippen LogP contribution in [0.15, 0.2) is 18.2 Å². The van der Waals surface area contributed by atoms with Gasteiger partial charge < -0.3 is 0 Å². The highest BCUT2D eigenvalue weighted by Gasteiger charge is 1.97. The molecule has 1 nitrogen and oxygen atoms in total. The van der Waals surface area contributed by atoms with Crippen LogP contribution in [0.4, 0.5) is 0 Å². The summed E-state index contributed by atoms with van der Waals surface area (Å²) < 4.78 is 0.602. The minimum atomic E-state index is 0.602. The van der Waals surface area contributed by atoms with Crippen molar-refractivity contribution in [1.82, 2.24) is 0 Å². The van der Waals surface area contributed by atoms with Gasteiger partial charge in [-0.15, -0.1) is 0 Å². The monoisotopic (exact) mass is 259 g/mol. The lowest BCUT2D eigenvalue weighted by molar-refractivity contribution is 1.33. The van der Waals surface area contributed by atoms with E-state index in [0.717, 1.165) is 5.56 Å². The maximum atomic E-state index is 7.39. The van der Waals surface area contributed by atoms with Gasteiger partial charge in [0.1, 0.15) is 0 Å². The van der Waals surface area contributed by atoms with Crippen molar-refractivity contribution in [3.05, 3.63) is 34.9 Å². The normalized spacial score (nSPS) is 9.73. The van der Waals surface area contributed by atoms with E-state index in [1.54, 1.807) is 0 Å². The number of nitrogens with one attached hydrogen (secondary N) is 1. The van der Waals surface area contributed by atoms with Gasteiger partial charge in [-0.1, -0.05) is 12.1 Å².